The summed E-state index contributed by atoms with van der Waals surface area (Å²) in [5.74, 6) is 2.22. The molecule has 10 rings (SSSR count). The minimum atomic E-state index is -0.715. The van der Waals surface area contributed by atoms with Crippen molar-refractivity contribution in [2.75, 3.05) is 44.2 Å². The normalized spacial score (nSPS) is 14.9. The van der Waals surface area contributed by atoms with Gasteiger partial charge in [-0.15, -0.1) is 20.4 Å². The lowest BCUT2D eigenvalue weighted by molar-refractivity contribution is 0.238. The van der Waals surface area contributed by atoms with Gasteiger partial charge in [0, 0.05) is 71.7 Å². The summed E-state index contributed by atoms with van der Waals surface area (Å²) in [5, 5.41) is 35.9. The maximum atomic E-state index is 9.47. The highest BCUT2D eigenvalue weighted by atomic mass is 16.5. The van der Waals surface area contributed by atoms with Crippen molar-refractivity contribution in [3.8, 4) is 86.5 Å². The summed E-state index contributed by atoms with van der Waals surface area (Å²) >= 11 is 0. The number of anilines is 1. The van der Waals surface area contributed by atoms with Crippen molar-refractivity contribution in [3.63, 3.8) is 0 Å². The number of pyridine rings is 2. The summed E-state index contributed by atoms with van der Waals surface area (Å²) in [6, 6.07) is 28.1. The van der Waals surface area contributed by atoms with E-state index in [4.69, 9.17) is 29.3 Å². The van der Waals surface area contributed by atoms with Crippen molar-refractivity contribution in [2.24, 2.45) is 5.73 Å². The summed E-state index contributed by atoms with van der Waals surface area (Å²) in [4.78, 5) is 32.0. The molecule has 0 aliphatic carbocycles. The van der Waals surface area contributed by atoms with Crippen LogP contribution in [0, 0.1) is 36.5 Å². The zero-order chi connectivity index (χ0) is 51.1. The molecule has 2 fully saturated rings. The van der Waals surface area contributed by atoms with E-state index < -0.39 is 10.8 Å². The molecule has 0 saturated carbocycles. The molecule has 6 aromatic heterocycles. The van der Waals surface area contributed by atoms with E-state index in [1.807, 2.05) is 102 Å². The Bertz CT molecular complexity index is 3300. The standard InChI is InChI=1S/C28H29N7O2.C27H28N8O.4H2/c1-19-25(32-23(17-31-19)21-10-11-30-24(16-21)28(2,3)18-29)27-34-33-26(37-27)20-6-8-22(9-7-20)36-15-14-35-12-4-5-13-35;1-17-24(32-22(15-31-17)19-10-11-30-23(13-19)27(2,3)16-29)26-34-33-25(36-26)18-6-8-20(9-7-18)35-12-4-5-21(35)14-28;;;;/h6-11,16-17H,4-5,12-15H2,1-3H3;6-11,13,15,21H,4-5,12,14,28H2,1-3H3;4*1H. The van der Waals surface area contributed by atoms with Crippen LogP contribution in [0.5, 0.6) is 5.75 Å². The van der Waals surface area contributed by atoms with Crippen LogP contribution < -0.4 is 15.4 Å². The van der Waals surface area contributed by atoms with Gasteiger partial charge >= 0.3 is 0 Å². The number of hydrogen-bond acceptors (Lipinski definition) is 18. The topological polar surface area (TPSA) is 244 Å². The van der Waals surface area contributed by atoms with Crippen LogP contribution in [0.4, 0.5) is 5.69 Å². The largest absolute Gasteiger partial charge is 0.492 e. The number of nitrogens with two attached hydrogens (primary N) is 1. The van der Waals surface area contributed by atoms with Gasteiger partial charge in [-0.3, -0.25) is 24.8 Å². The van der Waals surface area contributed by atoms with E-state index in [9.17, 15) is 10.5 Å². The molecule has 1 atom stereocenters. The third kappa shape index (κ3) is 11.3. The average molecular weight is 984 g/mol. The SMILES string of the molecule is Cc1ncc(-c2ccnc(C(C)(C)C#N)c2)nc1-c1nnc(-c2ccc(N3CCCC3CN)cc2)o1.Cc1ncc(-c2ccnc(C(C)(C)C#N)c2)nc1-c1nnc(-c2ccc(OCCN3CCCC3)cc2)o1.[HH].[HH].[HH].[HH]. The van der Waals surface area contributed by atoms with Gasteiger partial charge in [-0.25, -0.2) is 9.97 Å². The van der Waals surface area contributed by atoms with Gasteiger partial charge in [0.2, 0.25) is 11.8 Å². The second-order valence-electron chi connectivity index (χ2n) is 19.2. The van der Waals surface area contributed by atoms with Crippen LogP contribution in [-0.4, -0.2) is 101 Å². The Kier molecular flexibility index (Phi) is 14.7. The monoisotopic (exact) mass is 984 g/mol. The Balaban J connectivity index is 0.000000270. The van der Waals surface area contributed by atoms with Crippen LogP contribution in [0.15, 0.2) is 106 Å². The van der Waals surface area contributed by atoms with E-state index in [-0.39, 0.29) is 5.71 Å². The number of nitriles is 2. The van der Waals surface area contributed by atoms with Crippen LogP contribution in [0.25, 0.3) is 68.6 Å². The van der Waals surface area contributed by atoms with E-state index in [1.165, 1.54) is 12.8 Å². The smallest absolute Gasteiger partial charge is 0.268 e. The fraction of sp³-hybridized carbons (Fsp3) is 0.345. The number of nitrogens with zero attached hydrogens (tertiary/aromatic N) is 14. The Morgan fingerprint density at radius 2 is 1.14 bits per heavy atom. The molecule has 2 aliphatic rings. The summed E-state index contributed by atoms with van der Waals surface area (Å²) in [7, 11) is 0. The van der Waals surface area contributed by atoms with Crippen molar-refractivity contribution >= 4 is 5.69 Å². The third-order valence-electron chi connectivity index (χ3n) is 13.2. The van der Waals surface area contributed by atoms with Crippen LogP contribution in [0.3, 0.4) is 0 Å². The summed E-state index contributed by atoms with van der Waals surface area (Å²) in [6.07, 6.45) is 11.6. The van der Waals surface area contributed by atoms with E-state index in [1.54, 1.807) is 24.8 Å². The molecular weight excluding hydrogens is 919 g/mol. The number of ether oxygens (including phenoxy) is 1. The summed E-state index contributed by atoms with van der Waals surface area (Å²) < 4.78 is 17.9. The van der Waals surface area contributed by atoms with Gasteiger partial charge in [-0.05, 0) is 153 Å². The highest BCUT2D eigenvalue weighted by Gasteiger charge is 2.26. The maximum Gasteiger partial charge on any atom is 0.268 e. The lowest BCUT2D eigenvalue weighted by Crippen LogP contribution is -2.35. The Morgan fingerprint density at radius 1 is 0.644 bits per heavy atom. The molecule has 73 heavy (non-hydrogen) atoms. The summed E-state index contributed by atoms with van der Waals surface area (Å²) in [6.45, 7) is 16.7. The predicted octanol–water partition coefficient (Wildman–Crippen LogP) is 10.1. The van der Waals surface area contributed by atoms with Gasteiger partial charge in [0.25, 0.3) is 11.8 Å². The molecule has 2 aliphatic heterocycles. The van der Waals surface area contributed by atoms with Crippen molar-refractivity contribution < 1.29 is 19.3 Å². The molecule has 378 valence electrons. The molecule has 0 radical (unpaired) electrons. The zero-order valence-electron chi connectivity index (χ0n) is 41.9. The highest BCUT2D eigenvalue weighted by Crippen LogP contribution is 2.33. The van der Waals surface area contributed by atoms with E-state index in [0.29, 0.717) is 88.3 Å². The van der Waals surface area contributed by atoms with Gasteiger partial charge in [0.15, 0.2) is 0 Å². The molecule has 0 amide bonds. The van der Waals surface area contributed by atoms with Gasteiger partial charge < -0.3 is 24.2 Å². The number of hydrogen-bond donors (Lipinski definition) is 1. The molecule has 18 heteroatoms. The first-order chi connectivity index (χ1) is 35.3. The van der Waals surface area contributed by atoms with Crippen LogP contribution in [0.1, 0.15) is 81.9 Å². The minimum Gasteiger partial charge on any atom is -0.492 e. The molecule has 2 aromatic carbocycles. The quantitative estimate of drug-likeness (QED) is 0.106. The van der Waals surface area contributed by atoms with Crippen LogP contribution in [-0.2, 0) is 10.8 Å². The van der Waals surface area contributed by atoms with Gasteiger partial charge in [-0.2, -0.15) is 10.5 Å². The van der Waals surface area contributed by atoms with Crippen molar-refractivity contribution in [1.82, 2.24) is 55.2 Å². The number of aromatic nitrogens is 10. The first kappa shape index (κ1) is 49.7. The van der Waals surface area contributed by atoms with Gasteiger partial charge in [0.1, 0.15) is 23.7 Å². The number of likely N-dealkylation sites (tertiary alicyclic amines) is 1. The second-order valence-corrected chi connectivity index (χ2v) is 19.2. The zero-order valence-corrected chi connectivity index (χ0v) is 41.9. The lowest BCUT2D eigenvalue weighted by Gasteiger charge is -2.25. The van der Waals surface area contributed by atoms with E-state index in [0.717, 1.165) is 72.7 Å². The molecule has 1 unspecified atom stereocenters. The molecule has 0 bridgehead atoms. The first-order valence-electron chi connectivity index (χ1n) is 24.5. The maximum absolute atomic E-state index is 9.47. The first-order valence-corrected chi connectivity index (χ1v) is 24.5. The molecule has 2 saturated heterocycles. The van der Waals surface area contributed by atoms with E-state index >= 15 is 0 Å². The number of aryl methyl sites for hydroxylation is 2. The van der Waals surface area contributed by atoms with Crippen molar-refractivity contribution in [3.05, 3.63) is 120 Å². The number of benzene rings is 2. The molecule has 2 N–H and O–H groups in total. The molecule has 8 heterocycles. The van der Waals surface area contributed by atoms with Crippen molar-refractivity contribution in [2.45, 2.75) is 84.1 Å². The summed E-state index contributed by atoms with van der Waals surface area (Å²) in [5.41, 5.74) is 13.9. The molecule has 18 nitrogen and oxygen atoms in total. The van der Waals surface area contributed by atoms with Crippen molar-refractivity contribution in [1.29, 1.82) is 10.5 Å². The fourth-order valence-corrected chi connectivity index (χ4v) is 8.64. The van der Waals surface area contributed by atoms with Crippen LogP contribution in [0.2, 0.25) is 0 Å². The Labute approximate surface area is 430 Å². The number of rotatable bonds is 14. The van der Waals surface area contributed by atoms with Gasteiger partial charge in [-0.1, -0.05) is 0 Å². The lowest BCUT2D eigenvalue weighted by atomic mass is 9.90. The average Bonchev–Trinajstić information content (AvgIpc) is 4.29. The minimum absolute atomic E-state index is 0. The van der Waals surface area contributed by atoms with Gasteiger partial charge in [0.05, 0.1) is 69.5 Å². The molecule has 0 spiro atoms. The predicted molar refractivity (Wildman–Crippen MR) is 284 cm³/mol. The Morgan fingerprint density at radius 3 is 1.63 bits per heavy atom. The third-order valence-corrected chi connectivity index (χ3v) is 13.2. The van der Waals surface area contributed by atoms with Crippen LogP contribution >= 0.6 is 0 Å². The molecule has 8 aromatic rings. The fourth-order valence-electron chi connectivity index (χ4n) is 8.64. The Hall–Kier alpha value is -8.32. The highest BCUT2D eigenvalue weighted by molar-refractivity contribution is 5.66. The van der Waals surface area contributed by atoms with E-state index in [2.05, 4.69) is 74.4 Å². The molecular formula is C55H65N15O3. The second kappa shape index (κ2) is 21.6.